The van der Waals surface area contributed by atoms with Crippen molar-refractivity contribution in [1.82, 2.24) is 4.90 Å². The molecule has 1 saturated carbocycles. The Hall–Kier alpha value is -1.75. The number of amidine groups is 1. The van der Waals surface area contributed by atoms with Crippen molar-refractivity contribution in [2.75, 3.05) is 5.75 Å². The molecule has 3 aliphatic rings. The number of nitrogens with zero attached hydrogens (tertiary/aromatic N) is 2. The summed E-state index contributed by atoms with van der Waals surface area (Å²) in [6.45, 7) is 0. The first-order chi connectivity index (χ1) is 14.1. The van der Waals surface area contributed by atoms with Crippen LogP contribution in [0.15, 0.2) is 59.1 Å². The van der Waals surface area contributed by atoms with Crippen molar-refractivity contribution >= 4 is 52.1 Å². The molecule has 2 aromatic carbocycles. The maximum absolute atomic E-state index is 12.7. The maximum atomic E-state index is 12.7. The zero-order valence-corrected chi connectivity index (χ0v) is 18.1. The summed E-state index contributed by atoms with van der Waals surface area (Å²) >= 11 is 13.7. The van der Waals surface area contributed by atoms with Gasteiger partial charge in [-0.05, 0) is 60.2 Å². The summed E-state index contributed by atoms with van der Waals surface area (Å²) in [6, 6.07) is 16.0. The van der Waals surface area contributed by atoms with Crippen LogP contribution in [-0.2, 0) is 4.79 Å². The van der Waals surface area contributed by atoms with E-state index < -0.39 is 0 Å². The number of hydrogen-bond acceptors (Lipinski definition) is 3. The Morgan fingerprint density at radius 2 is 1.72 bits per heavy atom. The molecule has 1 aliphatic carbocycles. The fourth-order valence-electron chi connectivity index (χ4n) is 4.67. The summed E-state index contributed by atoms with van der Waals surface area (Å²) in [5, 5.41) is 2.31. The van der Waals surface area contributed by atoms with Crippen molar-refractivity contribution in [3.8, 4) is 0 Å². The summed E-state index contributed by atoms with van der Waals surface area (Å²) in [5.41, 5.74) is 3.63. The minimum atomic E-state index is 0.0150. The SMILES string of the molecule is O=C1CSC2=N[C@@H]3/C(=C\c4ccc(Cl)cc4)CCC[C@@H]3[C@@H](c3ccc(Cl)cc3)N12. The number of hydrogen-bond donors (Lipinski definition) is 0. The Morgan fingerprint density at radius 1 is 1.03 bits per heavy atom. The summed E-state index contributed by atoms with van der Waals surface area (Å²) in [5.74, 6) is 0.898. The van der Waals surface area contributed by atoms with E-state index in [4.69, 9.17) is 28.2 Å². The van der Waals surface area contributed by atoms with Crippen molar-refractivity contribution in [3.63, 3.8) is 0 Å². The van der Waals surface area contributed by atoms with Gasteiger partial charge in [-0.25, -0.2) is 0 Å². The van der Waals surface area contributed by atoms with E-state index in [-0.39, 0.29) is 23.9 Å². The highest BCUT2D eigenvalue weighted by molar-refractivity contribution is 8.15. The molecule has 0 unspecified atom stereocenters. The Labute approximate surface area is 184 Å². The Kier molecular flexibility index (Phi) is 5.19. The van der Waals surface area contributed by atoms with E-state index in [0.29, 0.717) is 10.8 Å². The van der Waals surface area contributed by atoms with E-state index in [1.165, 1.54) is 5.57 Å². The van der Waals surface area contributed by atoms with Gasteiger partial charge in [-0.2, -0.15) is 0 Å². The molecule has 29 heavy (non-hydrogen) atoms. The quantitative estimate of drug-likeness (QED) is 0.551. The number of rotatable bonds is 2. The Morgan fingerprint density at radius 3 is 2.45 bits per heavy atom. The summed E-state index contributed by atoms with van der Waals surface area (Å²) in [6.07, 6.45) is 5.45. The lowest BCUT2D eigenvalue weighted by Crippen LogP contribution is -2.47. The van der Waals surface area contributed by atoms with Crippen molar-refractivity contribution in [3.05, 3.63) is 75.3 Å². The van der Waals surface area contributed by atoms with Gasteiger partial charge in [0.25, 0.3) is 0 Å². The van der Waals surface area contributed by atoms with Crippen molar-refractivity contribution in [2.45, 2.75) is 31.3 Å². The fourth-order valence-corrected chi connectivity index (χ4v) is 5.86. The third-order valence-corrected chi connectivity index (χ3v) is 7.41. The second kappa shape index (κ2) is 7.82. The predicted molar refractivity (Wildman–Crippen MR) is 121 cm³/mol. The first-order valence-electron chi connectivity index (χ1n) is 9.84. The summed E-state index contributed by atoms with van der Waals surface area (Å²) < 4.78 is 0. The van der Waals surface area contributed by atoms with E-state index in [1.807, 2.05) is 41.3 Å². The molecule has 0 bridgehead atoms. The van der Waals surface area contributed by atoms with Gasteiger partial charge in [0.05, 0.1) is 17.8 Å². The second-order valence-corrected chi connectivity index (χ2v) is 9.55. The first kappa shape index (κ1) is 19.2. The van der Waals surface area contributed by atoms with E-state index >= 15 is 0 Å². The average molecular weight is 443 g/mol. The lowest BCUT2D eigenvalue weighted by molar-refractivity contribution is -0.127. The third kappa shape index (κ3) is 3.63. The molecule has 2 aliphatic heterocycles. The molecule has 3 nitrogen and oxygen atoms in total. The third-order valence-electron chi connectivity index (χ3n) is 5.95. The minimum Gasteiger partial charge on any atom is -0.283 e. The molecule has 5 rings (SSSR count). The summed E-state index contributed by atoms with van der Waals surface area (Å²) in [4.78, 5) is 19.7. The second-order valence-electron chi connectivity index (χ2n) is 7.73. The highest BCUT2D eigenvalue weighted by Gasteiger charge is 2.47. The molecule has 0 aromatic heterocycles. The van der Waals surface area contributed by atoms with Crippen molar-refractivity contribution < 1.29 is 4.79 Å². The molecule has 1 saturated heterocycles. The zero-order chi connectivity index (χ0) is 20.0. The molecule has 2 fully saturated rings. The number of aliphatic imine (C=N–C) groups is 1. The van der Waals surface area contributed by atoms with E-state index in [9.17, 15) is 4.79 Å². The molecular weight excluding hydrogens is 423 g/mol. The van der Waals surface area contributed by atoms with E-state index in [0.717, 1.165) is 40.6 Å². The van der Waals surface area contributed by atoms with Crippen molar-refractivity contribution in [2.24, 2.45) is 10.9 Å². The molecule has 0 N–H and O–H groups in total. The molecule has 2 heterocycles. The van der Waals surface area contributed by atoms with Crippen LogP contribution >= 0.6 is 35.0 Å². The van der Waals surface area contributed by atoms with Crippen LogP contribution < -0.4 is 0 Å². The number of halogens is 2. The van der Waals surface area contributed by atoms with Gasteiger partial charge in [0.15, 0.2) is 5.17 Å². The van der Waals surface area contributed by atoms with Gasteiger partial charge < -0.3 is 0 Å². The molecule has 3 atom stereocenters. The maximum Gasteiger partial charge on any atom is 0.239 e. The number of amides is 1. The lowest BCUT2D eigenvalue weighted by Gasteiger charge is -2.44. The van der Waals surface area contributed by atoms with E-state index in [1.54, 1.807) is 11.8 Å². The Bertz CT molecular complexity index is 1000. The van der Waals surface area contributed by atoms with Crippen LogP contribution in [0.1, 0.15) is 36.4 Å². The number of benzene rings is 2. The topological polar surface area (TPSA) is 32.7 Å². The smallest absolute Gasteiger partial charge is 0.239 e. The predicted octanol–water partition coefficient (Wildman–Crippen LogP) is 6.23. The number of carbonyl (C=O) groups is 1. The van der Waals surface area contributed by atoms with Gasteiger partial charge >= 0.3 is 0 Å². The minimum absolute atomic E-state index is 0.0150. The van der Waals surface area contributed by atoms with Gasteiger partial charge in [-0.15, -0.1) is 0 Å². The molecule has 0 radical (unpaired) electrons. The highest BCUT2D eigenvalue weighted by Crippen LogP contribution is 2.48. The molecule has 148 valence electrons. The standard InChI is InChI=1S/C23H20Cl2N2OS/c24-17-8-4-14(5-9-17)12-16-2-1-3-19-21(16)26-23-27(20(28)13-29-23)22(19)15-6-10-18(25)11-7-15/h4-12,19,21-22H,1-3,13H2/b16-12-/t19-,21+,22+/m0/s1. The van der Waals surface area contributed by atoms with Gasteiger partial charge in [0, 0.05) is 16.0 Å². The molecule has 2 aromatic rings. The van der Waals surface area contributed by atoms with Crippen LogP contribution in [0.3, 0.4) is 0 Å². The van der Waals surface area contributed by atoms with Gasteiger partial charge in [-0.3, -0.25) is 14.7 Å². The monoisotopic (exact) mass is 442 g/mol. The average Bonchev–Trinajstić information content (AvgIpc) is 3.10. The normalized spacial score (nSPS) is 27.6. The van der Waals surface area contributed by atoms with Crippen LogP contribution in [0.2, 0.25) is 10.0 Å². The van der Waals surface area contributed by atoms with Crippen LogP contribution in [-0.4, -0.2) is 27.8 Å². The molecule has 0 spiro atoms. The van der Waals surface area contributed by atoms with Crippen molar-refractivity contribution in [1.29, 1.82) is 0 Å². The van der Waals surface area contributed by atoms with Crippen LogP contribution in [0.5, 0.6) is 0 Å². The van der Waals surface area contributed by atoms with Crippen LogP contribution in [0.25, 0.3) is 6.08 Å². The van der Waals surface area contributed by atoms with Gasteiger partial charge in [0.2, 0.25) is 5.91 Å². The molecule has 6 heteroatoms. The summed E-state index contributed by atoms with van der Waals surface area (Å²) in [7, 11) is 0. The first-order valence-corrected chi connectivity index (χ1v) is 11.6. The van der Waals surface area contributed by atoms with Gasteiger partial charge in [0.1, 0.15) is 0 Å². The lowest BCUT2D eigenvalue weighted by atomic mass is 9.73. The number of carbonyl (C=O) groups excluding carboxylic acids is 1. The van der Waals surface area contributed by atoms with Crippen LogP contribution in [0.4, 0.5) is 0 Å². The van der Waals surface area contributed by atoms with E-state index in [2.05, 4.69) is 18.2 Å². The zero-order valence-electron chi connectivity index (χ0n) is 15.7. The number of thioether (sulfide) groups is 1. The Balaban J connectivity index is 1.57. The largest absolute Gasteiger partial charge is 0.283 e. The molecule has 1 amide bonds. The fraction of sp³-hybridized carbons (Fsp3) is 0.304. The van der Waals surface area contributed by atoms with Gasteiger partial charge in [-0.1, -0.05) is 65.3 Å². The number of fused-ring (bicyclic) bond motifs is 2. The van der Waals surface area contributed by atoms with Crippen LogP contribution in [0, 0.1) is 5.92 Å². The highest BCUT2D eigenvalue weighted by atomic mass is 35.5. The molecular formula is C23H20Cl2N2OS.